The number of aryl methyl sites for hydroxylation is 2. The molecule has 0 aliphatic carbocycles. The standard InChI is InChI=1S/C15H24N2O3S/c1-10-7-11(2)13(4)15(12(10)3)21(18,19)17-8-14-9-20-6-5-16-14/h7,14,16-17H,5-6,8-9H2,1-4H3. The number of morpholine rings is 1. The Morgan fingerprint density at radius 2 is 1.86 bits per heavy atom. The van der Waals surface area contributed by atoms with Gasteiger partial charge in [0.15, 0.2) is 0 Å². The van der Waals surface area contributed by atoms with E-state index in [1.807, 2.05) is 33.8 Å². The number of ether oxygens (including phenoxy) is 1. The van der Waals surface area contributed by atoms with Gasteiger partial charge < -0.3 is 10.1 Å². The largest absolute Gasteiger partial charge is 0.378 e. The molecule has 0 bridgehead atoms. The van der Waals surface area contributed by atoms with E-state index in [-0.39, 0.29) is 6.04 Å². The predicted octanol–water partition coefficient (Wildman–Crippen LogP) is 1.19. The highest BCUT2D eigenvalue weighted by Gasteiger charge is 2.23. The van der Waals surface area contributed by atoms with E-state index in [4.69, 9.17) is 4.74 Å². The summed E-state index contributed by atoms with van der Waals surface area (Å²) >= 11 is 0. The third-order valence-corrected chi connectivity index (χ3v) is 5.78. The SMILES string of the molecule is Cc1cc(C)c(C)c(S(=O)(=O)NCC2COCCN2)c1C. The van der Waals surface area contributed by atoms with Gasteiger partial charge in [-0.05, 0) is 49.9 Å². The van der Waals surface area contributed by atoms with Crippen molar-refractivity contribution in [1.29, 1.82) is 0 Å². The van der Waals surface area contributed by atoms with Crippen molar-refractivity contribution in [2.45, 2.75) is 38.6 Å². The van der Waals surface area contributed by atoms with Crippen LogP contribution in [0, 0.1) is 27.7 Å². The van der Waals surface area contributed by atoms with Crippen LogP contribution in [0.25, 0.3) is 0 Å². The molecule has 0 aromatic heterocycles. The molecule has 21 heavy (non-hydrogen) atoms. The highest BCUT2D eigenvalue weighted by Crippen LogP contribution is 2.25. The van der Waals surface area contributed by atoms with E-state index in [1.165, 1.54) is 0 Å². The third kappa shape index (κ3) is 3.63. The minimum Gasteiger partial charge on any atom is -0.378 e. The van der Waals surface area contributed by atoms with Crippen LogP contribution in [0.4, 0.5) is 0 Å². The second kappa shape index (κ2) is 6.44. The highest BCUT2D eigenvalue weighted by molar-refractivity contribution is 7.89. The second-order valence-electron chi connectivity index (χ2n) is 5.67. The average Bonchev–Trinajstić information content (AvgIpc) is 2.44. The summed E-state index contributed by atoms with van der Waals surface area (Å²) < 4.78 is 33.3. The van der Waals surface area contributed by atoms with Crippen LogP contribution in [0.1, 0.15) is 22.3 Å². The lowest BCUT2D eigenvalue weighted by Crippen LogP contribution is -2.48. The van der Waals surface area contributed by atoms with E-state index in [0.29, 0.717) is 24.7 Å². The predicted molar refractivity (Wildman–Crippen MR) is 83.2 cm³/mol. The molecule has 1 saturated heterocycles. The summed E-state index contributed by atoms with van der Waals surface area (Å²) in [5.41, 5.74) is 3.63. The molecule has 1 heterocycles. The molecule has 1 aromatic carbocycles. The summed E-state index contributed by atoms with van der Waals surface area (Å²) in [6, 6.07) is 2.06. The fourth-order valence-electron chi connectivity index (χ4n) is 2.62. The Morgan fingerprint density at radius 3 is 2.38 bits per heavy atom. The molecule has 1 aromatic rings. The van der Waals surface area contributed by atoms with E-state index in [2.05, 4.69) is 10.0 Å². The molecule has 1 fully saturated rings. The molecular weight excluding hydrogens is 288 g/mol. The van der Waals surface area contributed by atoms with E-state index >= 15 is 0 Å². The Hall–Kier alpha value is -0.950. The molecule has 1 aliphatic rings. The number of benzene rings is 1. The van der Waals surface area contributed by atoms with Gasteiger partial charge in [-0.1, -0.05) is 6.07 Å². The molecule has 1 unspecified atom stereocenters. The summed E-state index contributed by atoms with van der Waals surface area (Å²) in [4.78, 5) is 0.414. The Kier molecular flexibility index (Phi) is 5.03. The van der Waals surface area contributed by atoms with Crippen molar-refractivity contribution < 1.29 is 13.2 Å². The van der Waals surface area contributed by atoms with Gasteiger partial charge >= 0.3 is 0 Å². The normalized spacial score (nSPS) is 19.7. The molecule has 5 nitrogen and oxygen atoms in total. The zero-order valence-corrected chi connectivity index (χ0v) is 13.9. The van der Waals surface area contributed by atoms with Gasteiger partial charge in [0.05, 0.1) is 18.1 Å². The first-order chi connectivity index (χ1) is 9.83. The zero-order valence-electron chi connectivity index (χ0n) is 13.1. The van der Waals surface area contributed by atoms with E-state index in [1.54, 1.807) is 0 Å². The lowest BCUT2D eigenvalue weighted by molar-refractivity contribution is 0.0784. The third-order valence-electron chi connectivity index (χ3n) is 4.08. The average molecular weight is 312 g/mol. The molecule has 118 valence electrons. The molecular formula is C15H24N2O3S. The molecule has 0 amide bonds. The Balaban J connectivity index is 2.23. The zero-order chi connectivity index (χ0) is 15.6. The first-order valence-corrected chi connectivity index (χ1v) is 8.69. The van der Waals surface area contributed by atoms with E-state index in [9.17, 15) is 8.42 Å². The Morgan fingerprint density at radius 1 is 1.24 bits per heavy atom. The number of hydrogen-bond acceptors (Lipinski definition) is 4. The van der Waals surface area contributed by atoms with Crippen LogP contribution in [0.2, 0.25) is 0 Å². The molecule has 0 spiro atoms. The molecule has 2 rings (SSSR count). The van der Waals surface area contributed by atoms with E-state index in [0.717, 1.165) is 28.8 Å². The minimum atomic E-state index is -3.51. The number of nitrogens with one attached hydrogen (secondary N) is 2. The van der Waals surface area contributed by atoms with Gasteiger partial charge in [-0.25, -0.2) is 13.1 Å². The van der Waals surface area contributed by atoms with Gasteiger partial charge in [0.1, 0.15) is 0 Å². The van der Waals surface area contributed by atoms with Crippen LogP contribution >= 0.6 is 0 Å². The lowest BCUT2D eigenvalue weighted by atomic mass is 10.0. The molecule has 1 atom stereocenters. The van der Waals surface area contributed by atoms with Crippen LogP contribution in [-0.4, -0.2) is 40.8 Å². The summed E-state index contributed by atoms with van der Waals surface area (Å²) in [5, 5.41) is 3.24. The topological polar surface area (TPSA) is 67.4 Å². The fourth-order valence-corrected chi connectivity index (χ4v) is 4.31. The smallest absolute Gasteiger partial charge is 0.241 e. The maximum atomic E-state index is 12.6. The maximum Gasteiger partial charge on any atom is 0.241 e. The summed E-state index contributed by atoms with van der Waals surface area (Å²) in [6.45, 7) is 9.92. The van der Waals surface area contributed by atoms with Crippen LogP contribution in [0.15, 0.2) is 11.0 Å². The van der Waals surface area contributed by atoms with Crippen LogP contribution < -0.4 is 10.0 Å². The summed E-state index contributed by atoms with van der Waals surface area (Å²) in [5.74, 6) is 0. The molecule has 0 saturated carbocycles. The van der Waals surface area contributed by atoms with Crippen LogP contribution in [0.5, 0.6) is 0 Å². The quantitative estimate of drug-likeness (QED) is 0.876. The molecule has 6 heteroatoms. The molecule has 2 N–H and O–H groups in total. The van der Waals surface area contributed by atoms with E-state index < -0.39 is 10.0 Å². The minimum absolute atomic E-state index is 0.0278. The first-order valence-electron chi connectivity index (χ1n) is 7.21. The van der Waals surface area contributed by atoms with Gasteiger partial charge in [-0.3, -0.25) is 0 Å². The number of rotatable bonds is 4. The van der Waals surface area contributed by atoms with Gasteiger partial charge in [-0.15, -0.1) is 0 Å². The van der Waals surface area contributed by atoms with Gasteiger partial charge in [-0.2, -0.15) is 0 Å². The monoisotopic (exact) mass is 312 g/mol. The molecule has 0 radical (unpaired) electrons. The summed E-state index contributed by atoms with van der Waals surface area (Å²) in [7, 11) is -3.51. The Labute approximate surface area is 127 Å². The van der Waals surface area contributed by atoms with Crippen molar-refractivity contribution in [2.24, 2.45) is 0 Å². The van der Waals surface area contributed by atoms with Crippen molar-refractivity contribution in [1.82, 2.24) is 10.0 Å². The van der Waals surface area contributed by atoms with Crippen molar-refractivity contribution in [3.05, 3.63) is 28.3 Å². The van der Waals surface area contributed by atoms with Crippen molar-refractivity contribution in [3.63, 3.8) is 0 Å². The van der Waals surface area contributed by atoms with Gasteiger partial charge in [0, 0.05) is 19.1 Å². The van der Waals surface area contributed by atoms with Crippen molar-refractivity contribution in [2.75, 3.05) is 26.3 Å². The summed E-state index contributed by atoms with van der Waals surface area (Å²) in [6.07, 6.45) is 0. The fraction of sp³-hybridized carbons (Fsp3) is 0.600. The maximum absolute atomic E-state index is 12.6. The van der Waals surface area contributed by atoms with Gasteiger partial charge in [0.25, 0.3) is 0 Å². The second-order valence-corrected chi connectivity index (χ2v) is 7.37. The Bertz CT molecular complexity index is 594. The van der Waals surface area contributed by atoms with Crippen molar-refractivity contribution >= 4 is 10.0 Å². The number of hydrogen-bond donors (Lipinski definition) is 2. The highest BCUT2D eigenvalue weighted by atomic mass is 32.2. The van der Waals surface area contributed by atoms with Crippen molar-refractivity contribution in [3.8, 4) is 0 Å². The first kappa shape index (κ1) is 16.4. The van der Waals surface area contributed by atoms with Gasteiger partial charge in [0.2, 0.25) is 10.0 Å². The number of sulfonamides is 1. The molecule has 1 aliphatic heterocycles. The van der Waals surface area contributed by atoms with Crippen LogP contribution in [0.3, 0.4) is 0 Å². The lowest BCUT2D eigenvalue weighted by Gasteiger charge is -2.24. The van der Waals surface area contributed by atoms with Crippen LogP contribution in [-0.2, 0) is 14.8 Å².